The molecular formula is C15H14N4O4. The molecule has 1 aliphatic rings. The Bertz CT molecular complexity index is 778. The van der Waals surface area contributed by atoms with Gasteiger partial charge < -0.3 is 20.9 Å². The minimum atomic E-state index is -1.20. The molecule has 0 radical (unpaired) electrons. The number of aliphatic carboxylic acids is 1. The summed E-state index contributed by atoms with van der Waals surface area (Å²) >= 11 is 0. The molecule has 1 aliphatic heterocycles. The summed E-state index contributed by atoms with van der Waals surface area (Å²) in [5.41, 5.74) is 7.34. The van der Waals surface area contributed by atoms with E-state index >= 15 is 0 Å². The van der Waals surface area contributed by atoms with Gasteiger partial charge in [0.1, 0.15) is 18.4 Å². The molecule has 0 spiro atoms. The Morgan fingerprint density at radius 3 is 2.91 bits per heavy atom. The summed E-state index contributed by atoms with van der Waals surface area (Å²) in [5.74, 6) is -1.10. The lowest BCUT2D eigenvalue weighted by Gasteiger charge is -2.20. The molecule has 3 rings (SSSR count). The first-order valence-electron chi connectivity index (χ1n) is 6.90. The van der Waals surface area contributed by atoms with Crippen LogP contribution in [0.1, 0.15) is 12.0 Å². The molecule has 1 aromatic carbocycles. The van der Waals surface area contributed by atoms with E-state index in [1.54, 1.807) is 6.20 Å². The van der Waals surface area contributed by atoms with E-state index in [1.807, 2.05) is 24.3 Å². The molecule has 1 aromatic heterocycles. The van der Waals surface area contributed by atoms with Gasteiger partial charge in [-0.1, -0.05) is 12.1 Å². The predicted molar refractivity (Wildman–Crippen MR) is 80.7 cm³/mol. The number of nitrogens with one attached hydrogen (secondary N) is 1. The number of hydrogen-bond acceptors (Lipinski definition) is 6. The van der Waals surface area contributed by atoms with E-state index in [0.29, 0.717) is 18.1 Å². The van der Waals surface area contributed by atoms with Gasteiger partial charge in [-0.2, -0.15) is 0 Å². The Balaban J connectivity index is 1.92. The second-order valence-corrected chi connectivity index (χ2v) is 5.06. The number of para-hydroxylation sites is 1. The largest absolute Gasteiger partial charge is 0.488 e. The molecule has 118 valence electrons. The van der Waals surface area contributed by atoms with E-state index in [1.165, 1.54) is 0 Å². The first-order valence-corrected chi connectivity index (χ1v) is 6.90. The number of nitrogens with zero attached hydrogens (tertiary/aromatic N) is 2. The van der Waals surface area contributed by atoms with E-state index in [4.69, 9.17) is 15.6 Å². The maximum absolute atomic E-state index is 11.2. The maximum Gasteiger partial charge on any atom is 0.326 e. The lowest BCUT2D eigenvalue weighted by molar-refractivity contribution is -0.139. The van der Waals surface area contributed by atoms with Gasteiger partial charge in [-0.15, -0.1) is 0 Å². The summed E-state index contributed by atoms with van der Waals surface area (Å²) in [7, 11) is 0. The quantitative estimate of drug-likeness (QED) is 0.744. The number of ether oxygens (including phenoxy) is 1. The summed E-state index contributed by atoms with van der Waals surface area (Å²) in [6.07, 6.45) is 1.22. The van der Waals surface area contributed by atoms with Gasteiger partial charge in [-0.3, -0.25) is 4.79 Å². The number of hydrogen-bond donors (Lipinski definition) is 3. The molecule has 23 heavy (non-hydrogen) atoms. The van der Waals surface area contributed by atoms with E-state index in [0.717, 1.165) is 11.1 Å². The predicted octanol–water partition coefficient (Wildman–Crippen LogP) is 0.776. The van der Waals surface area contributed by atoms with Gasteiger partial charge in [0, 0.05) is 17.3 Å². The van der Waals surface area contributed by atoms with Crippen LogP contribution in [0.5, 0.6) is 5.75 Å². The van der Waals surface area contributed by atoms with Crippen molar-refractivity contribution in [2.24, 2.45) is 5.73 Å². The maximum atomic E-state index is 11.2. The number of benzene rings is 1. The van der Waals surface area contributed by atoms with Crippen molar-refractivity contribution >= 4 is 17.8 Å². The molecule has 0 saturated carbocycles. The van der Waals surface area contributed by atoms with Gasteiger partial charge in [0.2, 0.25) is 11.9 Å². The molecule has 4 N–H and O–H groups in total. The van der Waals surface area contributed by atoms with Gasteiger partial charge >= 0.3 is 5.97 Å². The fourth-order valence-corrected chi connectivity index (χ4v) is 2.32. The fourth-order valence-electron chi connectivity index (χ4n) is 2.32. The topological polar surface area (TPSA) is 127 Å². The number of rotatable bonds is 5. The van der Waals surface area contributed by atoms with E-state index < -0.39 is 17.9 Å². The van der Waals surface area contributed by atoms with Gasteiger partial charge in [0.25, 0.3) is 0 Å². The van der Waals surface area contributed by atoms with Gasteiger partial charge in [-0.25, -0.2) is 14.8 Å². The normalized spacial score (nSPS) is 13.2. The number of aromatic nitrogens is 2. The van der Waals surface area contributed by atoms with Crippen LogP contribution in [0.25, 0.3) is 11.3 Å². The summed E-state index contributed by atoms with van der Waals surface area (Å²) in [4.78, 5) is 30.6. The number of carboxylic acid groups (broad SMARTS) is 1. The lowest BCUT2D eigenvalue weighted by Crippen LogP contribution is -2.34. The molecule has 0 unspecified atom stereocenters. The zero-order chi connectivity index (χ0) is 16.4. The van der Waals surface area contributed by atoms with Crippen LogP contribution in [0.4, 0.5) is 5.95 Å². The number of anilines is 1. The molecule has 8 heteroatoms. The SMILES string of the molecule is NC(=O)C[C@@H](Nc1ncc2c(n1)-c1ccccc1OC2)C(=O)O. The van der Waals surface area contributed by atoms with Crippen molar-refractivity contribution < 1.29 is 19.4 Å². The average Bonchev–Trinajstić information content (AvgIpc) is 2.53. The van der Waals surface area contributed by atoms with Gasteiger partial charge in [0.05, 0.1) is 12.1 Å². The number of nitrogens with two attached hydrogens (primary N) is 1. The first kappa shape index (κ1) is 14.8. The van der Waals surface area contributed by atoms with Crippen LogP contribution in [-0.4, -0.2) is 33.0 Å². The number of carboxylic acids is 1. The van der Waals surface area contributed by atoms with Crippen LogP contribution in [0.3, 0.4) is 0 Å². The molecule has 0 fully saturated rings. The smallest absolute Gasteiger partial charge is 0.326 e. The highest BCUT2D eigenvalue weighted by molar-refractivity contribution is 5.85. The highest BCUT2D eigenvalue weighted by atomic mass is 16.5. The van der Waals surface area contributed by atoms with Gasteiger partial charge in [0.15, 0.2) is 0 Å². The second kappa shape index (κ2) is 5.91. The zero-order valence-electron chi connectivity index (χ0n) is 12.0. The number of carbonyl (C=O) groups excluding carboxylic acids is 1. The summed E-state index contributed by atoms with van der Waals surface area (Å²) in [6, 6.07) is 6.24. The van der Waals surface area contributed by atoms with Crippen molar-refractivity contribution in [1.82, 2.24) is 9.97 Å². The third kappa shape index (κ3) is 3.05. The number of fused-ring (bicyclic) bond motifs is 3. The highest BCUT2D eigenvalue weighted by Gasteiger charge is 2.23. The van der Waals surface area contributed by atoms with E-state index in [9.17, 15) is 9.59 Å². The second-order valence-electron chi connectivity index (χ2n) is 5.06. The van der Waals surface area contributed by atoms with Crippen LogP contribution in [0, 0.1) is 0 Å². The molecule has 2 heterocycles. The van der Waals surface area contributed by atoms with Crippen molar-refractivity contribution in [1.29, 1.82) is 0 Å². The summed E-state index contributed by atoms with van der Waals surface area (Å²) in [6.45, 7) is 0.344. The van der Waals surface area contributed by atoms with Crippen molar-refractivity contribution in [2.75, 3.05) is 5.32 Å². The van der Waals surface area contributed by atoms with Crippen LogP contribution >= 0.6 is 0 Å². The van der Waals surface area contributed by atoms with Crippen molar-refractivity contribution in [3.63, 3.8) is 0 Å². The highest BCUT2D eigenvalue weighted by Crippen LogP contribution is 2.35. The van der Waals surface area contributed by atoms with Crippen molar-refractivity contribution in [3.8, 4) is 17.0 Å². The molecule has 8 nitrogen and oxygen atoms in total. The molecule has 1 atom stereocenters. The third-order valence-electron chi connectivity index (χ3n) is 3.40. The van der Waals surface area contributed by atoms with Crippen LogP contribution in [-0.2, 0) is 16.2 Å². The molecule has 2 aromatic rings. The van der Waals surface area contributed by atoms with Crippen molar-refractivity contribution in [3.05, 3.63) is 36.0 Å². The van der Waals surface area contributed by atoms with E-state index in [2.05, 4.69) is 15.3 Å². The van der Waals surface area contributed by atoms with Crippen LogP contribution in [0.15, 0.2) is 30.5 Å². The van der Waals surface area contributed by atoms with Crippen LogP contribution < -0.4 is 15.8 Å². The minimum absolute atomic E-state index is 0.120. The summed E-state index contributed by atoms with van der Waals surface area (Å²) < 4.78 is 5.61. The summed E-state index contributed by atoms with van der Waals surface area (Å²) in [5, 5.41) is 11.8. The minimum Gasteiger partial charge on any atom is -0.488 e. The Labute approximate surface area is 131 Å². The van der Waals surface area contributed by atoms with Crippen LogP contribution in [0.2, 0.25) is 0 Å². The fraction of sp³-hybridized carbons (Fsp3) is 0.200. The number of carbonyl (C=O) groups is 2. The molecule has 1 amide bonds. The van der Waals surface area contributed by atoms with Gasteiger partial charge in [-0.05, 0) is 12.1 Å². The Hall–Kier alpha value is -3.16. The molecule has 0 saturated heterocycles. The van der Waals surface area contributed by atoms with E-state index in [-0.39, 0.29) is 12.4 Å². The van der Waals surface area contributed by atoms with Crippen molar-refractivity contribution in [2.45, 2.75) is 19.1 Å². The monoisotopic (exact) mass is 314 g/mol. The number of amides is 1. The lowest BCUT2D eigenvalue weighted by atomic mass is 10.0. The molecule has 0 bridgehead atoms. The standard InChI is InChI=1S/C15H14N4O4/c16-12(20)5-10(14(21)22)18-15-17-6-8-7-23-11-4-2-1-3-9(11)13(8)19-15/h1-4,6,10H,5,7H2,(H2,16,20)(H,21,22)(H,17,18,19)/t10-/m1/s1. The molecular weight excluding hydrogens is 300 g/mol. The number of primary amides is 1. The Morgan fingerprint density at radius 1 is 1.39 bits per heavy atom. The first-order chi connectivity index (χ1) is 11.0. The zero-order valence-corrected chi connectivity index (χ0v) is 12.0. The third-order valence-corrected chi connectivity index (χ3v) is 3.40. The average molecular weight is 314 g/mol. The molecule has 0 aliphatic carbocycles. The Kier molecular flexibility index (Phi) is 3.80. The Morgan fingerprint density at radius 2 is 2.17 bits per heavy atom.